The van der Waals surface area contributed by atoms with Crippen LogP contribution in [0, 0.1) is 12.8 Å². The normalized spacial score (nSPS) is 22.4. The van der Waals surface area contributed by atoms with Gasteiger partial charge in [-0.1, -0.05) is 31.9 Å². The number of aromatic nitrogens is 2. The summed E-state index contributed by atoms with van der Waals surface area (Å²) in [5.41, 5.74) is 2.22. The fraction of sp³-hybridized carbons (Fsp3) is 0.529. The second-order valence-corrected chi connectivity index (χ2v) is 6.30. The Bertz CT molecular complexity index is 647. The van der Waals surface area contributed by atoms with Gasteiger partial charge in [0.05, 0.1) is 11.7 Å². The lowest BCUT2D eigenvalue weighted by atomic mass is 9.86. The molecule has 0 spiro atoms. The Kier molecular flexibility index (Phi) is 3.95. The van der Waals surface area contributed by atoms with E-state index in [9.17, 15) is 4.79 Å². The van der Waals surface area contributed by atoms with E-state index < -0.39 is 0 Å². The van der Waals surface area contributed by atoms with Crippen molar-refractivity contribution < 1.29 is 4.79 Å². The second kappa shape index (κ2) is 5.88. The molecule has 0 unspecified atom stereocenters. The van der Waals surface area contributed by atoms with E-state index in [2.05, 4.69) is 42.5 Å². The van der Waals surface area contributed by atoms with Crippen LogP contribution in [0.3, 0.4) is 0 Å². The molecule has 1 saturated carbocycles. The number of fused-ring (bicyclic) bond motifs is 1. The highest BCUT2D eigenvalue weighted by Crippen LogP contribution is 2.23. The molecule has 1 N–H and O–H groups in total. The van der Waals surface area contributed by atoms with Crippen molar-refractivity contribution in [3.05, 3.63) is 30.0 Å². The van der Waals surface area contributed by atoms with Gasteiger partial charge >= 0.3 is 0 Å². The van der Waals surface area contributed by atoms with E-state index in [1.54, 1.807) is 4.68 Å². The zero-order valence-corrected chi connectivity index (χ0v) is 12.8. The number of nitrogens with zero attached hydrogens (tertiary/aromatic N) is 2. The third-order valence-corrected chi connectivity index (χ3v) is 4.55. The monoisotopic (exact) mass is 285 g/mol. The van der Waals surface area contributed by atoms with E-state index in [1.807, 2.05) is 6.20 Å². The topological polar surface area (TPSA) is 46.9 Å². The smallest absolute Gasteiger partial charge is 0.241 e. The average molecular weight is 285 g/mol. The molecule has 0 aliphatic heterocycles. The van der Waals surface area contributed by atoms with E-state index in [1.165, 1.54) is 24.8 Å². The molecule has 1 aromatic carbocycles. The first kappa shape index (κ1) is 14.1. The Morgan fingerprint density at radius 1 is 1.38 bits per heavy atom. The van der Waals surface area contributed by atoms with E-state index in [-0.39, 0.29) is 5.91 Å². The zero-order chi connectivity index (χ0) is 14.8. The molecule has 112 valence electrons. The summed E-state index contributed by atoms with van der Waals surface area (Å²) >= 11 is 0. The standard InChI is InChI=1S/C17H23N3O/c1-12-7-8-14-10-18-20(16(14)9-12)11-17(21)19-15-6-4-3-5-13(15)2/h7-10,13,15H,3-6,11H2,1-2H3,(H,19,21)/t13-,15-/m1/s1. The molecule has 1 fully saturated rings. The maximum absolute atomic E-state index is 12.3. The first-order valence-electron chi connectivity index (χ1n) is 7.85. The highest BCUT2D eigenvalue weighted by atomic mass is 16.2. The molecule has 1 aliphatic carbocycles. The number of hydrogen-bond donors (Lipinski definition) is 1. The van der Waals surface area contributed by atoms with Crippen molar-refractivity contribution in [1.29, 1.82) is 0 Å². The fourth-order valence-electron chi connectivity index (χ4n) is 3.23. The minimum absolute atomic E-state index is 0.0697. The van der Waals surface area contributed by atoms with E-state index in [4.69, 9.17) is 0 Å². The van der Waals surface area contributed by atoms with Crippen molar-refractivity contribution in [3.8, 4) is 0 Å². The molecule has 0 bridgehead atoms. The molecule has 0 radical (unpaired) electrons. The summed E-state index contributed by atoms with van der Waals surface area (Å²) in [7, 11) is 0. The number of aryl methyl sites for hydroxylation is 1. The first-order chi connectivity index (χ1) is 10.1. The second-order valence-electron chi connectivity index (χ2n) is 6.30. The van der Waals surface area contributed by atoms with Crippen LogP contribution in [0.2, 0.25) is 0 Å². The summed E-state index contributed by atoms with van der Waals surface area (Å²) in [6.45, 7) is 4.59. The van der Waals surface area contributed by atoms with Crippen LogP contribution in [-0.4, -0.2) is 21.7 Å². The summed E-state index contributed by atoms with van der Waals surface area (Å²) in [5.74, 6) is 0.652. The molecule has 2 aromatic rings. The van der Waals surface area contributed by atoms with Crippen LogP contribution in [0.15, 0.2) is 24.4 Å². The van der Waals surface area contributed by atoms with E-state index in [0.717, 1.165) is 17.3 Å². The number of hydrogen-bond acceptors (Lipinski definition) is 2. The SMILES string of the molecule is Cc1ccc2cnn(CC(=O)N[C@@H]3CCCC[C@H]3C)c2c1. The Balaban J connectivity index is 1.70. The molecule has 4 heteroatoms. The molecule has 2 atom stereocenters. The Morgan fingerprint density at radius 3 is 3.00 bits per heavy atom. The van der Waals surface area contributed by atoms with Gasteiger partial charge in [-0.05, 0) is 37.3 Å². The molecule has 1 heterocycles. The molecule has 1 amide bonds. The number of carbonyl (C=O) groups excluding carboxylic acids is 1. The largest absolute Gasteiger partial charge is 0.351 e. The summed E-state index contributed by atoms with van der Waals surface area (Å²) in [5, 5.41) is 8.61. The van der Waals surface area contributed by atoms with Crippen LogP contribution >= 0.6 is 0 Å². The minimum Gasteiger partial charge on any atom is -0.351 e. The number of amides is 1. The Labute approximate surface area is 125 Å². The van der Waals surface area contributed by atoms with Crippen LogP contribution in [0.25, 0.3) is 10.9 Å². The molecule has 4 nitrogen and oxygen atoms in total. The average Bonchev–Trinajstić information content (AvgIpc) is 2.84. The van der Waals surface area contributed by atoms with Gasteiger partial charge in [-0.25, -0.2) is 0 Å². The van der Waals surface area contributed by atoms with Crippen LogP contribution in [0.5, 0.6) is 0 Å². The number of nitrogens with one attached hydrogen (secondary N) is 1. The number of benzene rings is 1. The zero-order valence-electron chi connectivity index (χ0n) is 12.8. The summed E-state index contributed by atoms with van der Waals surface area (Å²) < 4.78 is 1.80. The first-order valence-corrected chi connectivity index (χ1v) is 7.85. The van der Waals surface area contributed by atoms with Gasteiger partial charge in [-0.3, -0.25) is 9.48 Å². The van der Waals surface area contributed by atoms with Gasteiger partial charge in [0.15, 0.2) is 0 Å². The van der Waals surface area contributed by atoms with Crippen LogP contribution in [0.4, 0.5) is 0 Å². The Morgan fingerprint density at radius 2 is 2.19 bits per heavy atom. The molecule has 1 aliphatic rings. The molecular formula is C17H23N3O. The summed E-state index contributed by atoms with van der Waals surface area (Å²) in [6.07, 6.45) is 6.65. The maximum atomic E-state index is 12.3. The van der Waals surface area contributed by atoms with Gasteiger partial charge in [-0.2, -0.15) is 5.10 Å². The quantitative estimate of drug-likeness (QED) is 0.942. The van der Waals surface area contributed by atoms with E-state index in [0.29, 0.717) is 18.5 Å². The molecule has 21 heavy (non-hydrogen) atoms. The summed E-state index contributed by atoms with van der Waals surface area (Å²) in [6, 6.07) is 6.53. The van der Waals surface area contributed by atoms with Crippen LogP contribution in [-0.2, 0) is 11.3 Å². The van der Waals surface area contributed by atoms with Gasteiger partial charge in [0.25, 0.3) is 0 Å². The van der Waals surface area contributed by atoms with Gasteiger partial charge in [-0.15, -0.1) is 0 Å². The lowest BCUT2D eigenvalue weighted by molar-refractivity contribution is -0.123. The van der Waals surface area contributed by atoms with Gasteiger partial charge in [0.1, 0.15) is 6.54 Å². The minimum atomic E-state index is 0.0697. The Hall–Kier alpha value is -1.84. The lowest BCUT2D eigenvalue weighted by Crippen LogP contribution is -2.42. The summed E-state index contributed by atoms with van der Waals surface area (Å²) in [4.78, 5) is 12.3. The van der Waals surface area contributed by atoms with Crippen molar-refractivity contribution >= 4 is 16.8 Å². The van der Waals surface area contributed by atoms with Crippen molar-refractivity contribution in [1.82, 2.24) is 15.1 Å². The van der Waals surface area contributed by atoms with Gasteiger partial charge in [0.2, 0.25) is 5.91 Å². The van der Waals surface area contributed by atoms with Crippen molar-refractivity contribution in [2.24, 2.45) is 5.92 Å². The molecular weight excluding hydrogens is 262 g/mol. The van der Waals surface area contributed by atoms with E-state index >= 15 is 0 Å². The number of carbonyl (C=O) groups is 1. The van der Waals surface area contributed by atoms with Gasteiger partial charge < -0.3 is 5.32 Å². The molecule has 3 rings (SSSR count). The maximum Gasteiger partial charge on any atom is 0.241 e. The van der Waals surface area contributed by atoms with Crippen molar-refractivity contribution in [3.63, 3.8) is 0 Å². The lowest BCUT2D eigenvalue weighted by Gasteiger charge is -2.29. The predicted octanol–water partition coefficient (Wildman–Crippen LogP) is 3.04. The highest BCUT2D eigenvalue weighted by Gasteiger charge is 2.23. The van der Waals surface area contributed by atoms with Crippen molar-refractivity contribution in [2.75, 3.05) is 0 Å². The van der Waals surface area contributed by atoms with Crippen molar-refractivity contribution in [2.45, 2.75) is 52.1 Å². The van der Waals surface area contributed by atoms with Crippen LogP contribution in [0.1, 0.15) is 38.2 Å². The predicted molar refractivity (Wildman–Crippen MR) is 84.0 cm³/mol. The molecule has 0 saturated heterocycles. The fourth-order valence-corrected chi connectivity index (χ4v) is 3.23. The molecule has 1 aromatic heterocycles. The third kappa shape index (κ3) is 3.09. The number of rotatable bonds is 3. The third-order valence-electron chi connectivity index (χ3n) is 4.55. The van der Waals surface area contributed by atoms with Gasteiger partial charge in [0, 0.05) is 11.4 Å². The van der Waals surface area contributed by atoms with Crippen LogP contribution < -0.4 is 5.32 Å². The highest BCUT2D eigenvalue weighted by molar-refractivity contribution is 5.82.